The zero-order valence-electron chi connectivity index (χ0n) is 12.6. The molecule has 3 aliphatic rings. The second kappa shape index (κ2) is 5.59. The number of esters is 1. The molecule has 23 heavy (non-hydrogen) atoms. The molecule has 1 amide bonds. The SMILES string of the molecule is CCc1cc(Br)ccc1NC(=O)[C@@H]1[C@H]2C[C@H]3[C@H](OC(=O)[C@@H]31)[C@H]2Br. The number of rotatable bonds is 3. The zero-order chi connectivity index (χ0) is 16.3. The second-order valence-electron chi connectivity index (χ2n) is 6.61. The number of hydrogen-bond donors (Lipinski definition) is 1. The van der Waals surface area contributed by atoms with Gasteiger partial charge in [0, 0.05) is 16.1 Å². The fraction of sp³-hybridized carbons (Fsp3) is 0.529. The lowest BCUT2D eigenvalue weighted by Crippen LogP contribution is -2.40. The molecule has 1 heterocycles. The molecule has 4 rings (SSSR count). The van der Waals surface area contributed by atoms with Gasteiger partial charge >= 0.3 is 5.97 Å². The molecule has 6 heteroatoms. The number of amides is 1. The maximum atomic E-state index is 12.9. The van der Waals surface area contributed by atoms with Crippen molar-refractivity contribution in [2.45, 2.75) is 30.7 Å². The molecule has 4 nitrogen and oxygen atoms in total. The Labute approximate surface area is 151 Å². The van der Waals surface area contributed by atoms with Gasteiger partial charge in [-0.3, -0.25) is 9.59 Å². The van der Waals surface area contributed by atoms with Crippen LogP contribution in [0.2, 0.25) is 0 Å². The molecule has 2 bridgehead atoms. The molecular formula is C17H17Br2NO3. The number of carbonyl (C=O) groups is 2. The van der Waals surface area contributed by atoms with Crippen LogP contribution in [0.4, 0.5) is 5.69 Å². The molecule has 0 spiro atoms. The van der Waals surface area contributed by atoms with E-state index in [1.54, 1.807) is 0 Å². The summed E-state index contributed by atoms with van der Waals surface area (Å²) in [7, 11) is 0. The van der Waals surface area contributed by atoms with Gasteiger partial charge in [-0.15, -0.1) is 0 Å². The van der Waals surface area contributed by atoms with E-state index in [1.807, 2.05) is 18.2 Å². The third kappa shape index (κ3) is 2.29. The fourth-order valence-corrected chi connectivity index (χ4v) is 5.98. The number of nitrogens with one attached hydrogen (secondary N) is 1. The maximum Gasteiger partial charge on any atom is 0.310 e. The summed E-state index contributed by atoms with van der Waals surface area (Å²) in [6.07, 6.45) is 1.69. The Morgan fingerprint density at radius 1 is 1.39 bits per heavy atom. The summed E-state index contributed by atoms with van der Waals surface area (Å²) in [5.74, 6) is -0.425. The highest BCUT2D eigenvalue weighted by atomic mass is 79.9. The molecule has 0 unspecified atom stereocenters. The number of hydrogen-bond acceptors (Lipinski definition) is 3. The van der Waals surface area contributed by atoms with E-state index >= 15 is 0 Å². The van der Waals surface area contributed by atoms with Crippen LogP contribution in [-0.4, -0.2) is 22.8 Å². The molecule has 2 aliphatic carbocycles. The number of aryl methyl sites for hydroxylation is 1. The van der Waals surface area contributed by atoms with E-state index in [0.29, 0.717) is 0 Å². The molecule has 1 saturated heterocycles. The van der Waals surface area contributed by atoms with Gasteiger partial charge in [0.05, 0.1) is 16.7 Å². The molecule has 1 aromatic carbocycles. The first-order valence-corrected chi connectivity index (χ1v) is 9.66. The number of benzene rings is 1. The highest BCUT2D eigenvalue weighted by molar-refractivity contribution is 9.10. The number of alkyl halides is 1. The first-order valence-electron chi connectivity index (χ1n) is 7.95. The zero-order valence-corrected chi connectivity index (χ0v) is 15.8. The monoisotopic (exact) mass is 441 g/mol. The standard InChI is InChI=1S/C17H17Br2NO3/c1-2-7-5-8(18)3-4-11(7)20-16(21)12-9-6-10-13(12)17(22)23-15(10)14(9)19/h3-5,9-10,12-15H,2,6H2,1H3,(H,20,21)/t9-,10-,12-,13+,14+,15+/m1/s1. The van der Waals surface area contributed by atoms with Crippen molar-refractivity contribution < 1.29 is 14.3 Å². The van der Waals surface area contributed by atoms with Gasteiger partial charge in [-0.25, -0.2) is 0 Å². The van der Waals surface area contributed by atoms with Crippen molar-refractivity contribution in [3.05, 3.63) is 28.2 Å². The van der Waals surface area contributed by atoms with Gasteiger partial charge in [-0.2, -0.15) is 0 Å². The van der Waals surface area contributed by atoms with Crippen LogP contribution in [0.1, 0.15) is 18.9 Å². The molecule has 1 aliphatic heterocycles. The first kappa shape index (κ1) is 15.6. The van der Waals surface area contributed by atoms with Crippen molar-refractivity contribution in [2.24, 2.45) is 23.7 Å². The summed E-state index contributed by atoms with van der Waals surface area (Å²) < 4.78 is 6.47. The predicted molar refractivity (Wildman–Crippen MR) is 93.3 cm³/mol. The van der Waals surface area contributed by atoms with Gasteiger partial charge in [0.25, 0.3) is 0 Å². The van der Waals surface area contributed by atoms with E-state index in [0.717, 1.165) is 28.6 Å². The third-order valence-electron chi connectivity index (χ3n) is 5.53. The van der Waals surface area contributed by atoms with E-state index in [1.165, 1.54) is 0 Å². The fourth-order valence-electron chi connectivity index (χ4n) is 4.52. The molecule has 1 aromatic rings. The summed E-state index contributed by atoms with van der Waals surface area (Å²) in [5, 5.41) is 3.05. The van der Waals surface area contributed by atoms with E-state index in [-0.39, 0.29) is 46.5 Å². The number of ether oxygens (including phenoxy) is 1. The van der Waals surface area contributed by atoms with Gasteiger partial charge in [-0.05, 0) is 42.5 Å². The van der Waals surface area contributed by atoms with E-state index in [4.69, 9.17) is 4.74 Å². The largest absolute Gasteiger partial charge is 0.461 e. The molecule has 6 atom stereocenters. The van der Waals surface area contributed by atoms with Crippen molar-refractivity contribution >= 4 is 49.4 Å². The average Bonchev–Trinajstić information content (AvgIpc) is 3.13. The molecule has 0 radical (unpaired) electrons. The Bertz CT molecular complexity index is 692. The quantitative estimate of drug-likeness (QED) is 0.575. The number of anilines is 1. The van der Waals surface area contributed by atoms with E-state index in [9.17, 15) is 9.59 Å². The van der Waals surface area contributed by atoms with Gasteiger partial charge in [0.1, 0.15) is 6.10 Å². The van der Waals surface area contributed by atoms with Crippen LogP contribution in [-0.2, 0) is 20.7 Å². The van der Waals surface area contributed by atoms with E-state index < -0.39 is 0 Å². The Morgan fingerprint density at radius 3 is 2.91 bits per heavy atom. The minimum Gasteiger partial charge on any atom is -0.461 e. The summed E-state index contributed by atoms with van der Waals surface area (Å²) in [4.78, 5) is 25.1. The minimum atomic E-state index is -0.288. The minimum absolute atomic E-state index is 0.0413. The smallest absolute Gasteiger partial charge is 0.310 e. The van der Waals surface area contributed by atoms with Crippen molar-refractivity contribution in [3.63, 3.8) is 0 Å². The molecule has 0 aromatic heterocycles. The van der Waals surface area contributed by atoms with Crippen molar-refractivity contribution in [1.82, 2.24) is 0 Å². The molecule has 2 saturated carbocycles. The first-order chi connectivity index (χ1) is 11.0. The Balaban J connectivity index is 1.60. The normalized spacial score (nSPS) is 37.1. The predicted octanol–water partition coefficient (Wildman–Crippen LogP) is 3.52. The lowest BCUT2D eigenvalue weighted by Gasteiger charge is -2.27. The lowest BCUT2D eigenvalue weighted by atomic mass is 9.79. The third-order valence-corrected chi connectivity index (χ3v) is 7.23. The topological polar surface area (TPSA) is 55.4 Å². The Kier molecular flexibility index (Phi) is 3.80. The maximum absolute atomic E-state index is 12.9. The van der Waals surface area contributed by atoms with E-state index in [2.05, 4.69) is 44.1 Å². The van der Waals surface area contributed by atoms with Gasteiger partial charge < -0.3 is 10.1 Å². The lowest BCUT2D eigenvalue weighted by molar-refractivity contribution is -0.145. The van der Waals surface area contributed by atoms with Crippen LogP contribution in [0.25, 0.3) is 0 Å². The number of fused-ring (bicyclic) bond motifs is 1. The van der Waals surface area contributed by atoms with Crippen LogP contribution in [0.3, 0.4) is 0 Å². The number of halogens is 2. The van der Waals surface area contributed by atoms with Crippen molar-refractivity contribution in [1.29, 1.82) is 0 Å². The van der Waals surface area contributed by atoms with Gasteiger partial charge in [-0.1, -0.05) is 38.8 Å². The van der Waals surface area contributed by atoms with Crippen LogP contribution >= 0.6 is 31.9 Å². The van der Waals surface area contributed by atoms with Crippen LogP contribution in [0, 0.1) is 23.7 Å². The summed E-state index contributed by atoms with van der Waals surface area (Å²) in [6, 6.07) is 5.85. The molecular weight excluding hydrogens is 426 g/mol. The highest BCUT2D eigenvalue weighted by Crippen LogP contribution is 2.60. The second-order valence-corrected chi connectivity index (χ2v) is 8.58. The molecule has 122 valence electrons. The number of carbonyl (C=O) groups excluding carboxylic acids is 2. The Hall–Kier alpha value is -0.880. The highest BCUT2D eigenvalue weighted by Gasteiger charge is 2.67. The summed E-state index contributed by atoms with van der Waals surface area (Å²) >= 11 is 7.10. The van der Waals surface area contributed by atoms with Crippen molar-refractivity contribution in [2.75, 3.05) is 5.32 Å². The van der Waals surface area contributed by atoms with Crippen LogP contribution < -0.4 is 5.32 Å². The summed E-state index contributed by atoms with van der Waals surface area (Å²) in [6.45, 7) is 2.06. The van der Waals surface area contributed by atoms with Crippen LogP contribution in [0.5, 0.6) is 0 Å². The van der Waals surface area contributed by atoms with Crippen LogP contribution in [0.15, 0.2) is 22.7 Å². The average molecular weight is 443 g/mol. The van der Waals surface area contributed by atoms with Gasteiger partial charge in [0.15, 0.2) is 0 Å². The summed E-state index contributed by atoms with van der Waals surface area (Å²) in [5.41, 5.74) is 1.91. The molecule has 1 N–H and O–H groups in total. The van der Waals surface area contributed by atoms with Gasteiger partial charge in [0.2, 0.25) is 5.91 Å². The van der Waals surface area contributed by atoms with Crippen molar-refractivity contribution in [3.8, 4) is 0 Å². The Morgan fingerprint density at radius 2 is 2.17 bits per heavy atom. The molecule has 3 fully saturated rings.